The fourth-order valence-electron chi connectivity index (χ4n) is 4.68. The Bertz CT molecular complexity index is 602. The van der Waals surface area contributed by atoms with E-state index in [0.29, 0.717) is 11.8 Å². The Hall–Kier alpha value is -1.28. The molecule has 0 saturated heterocycles. The predicted octanol–water partition coefficient (Wildman–Crippen LogP) is 4.35. The molecule has 22 heavy (non-hydrogen) atoms. The molecule has 2 aliphatic carbocycles. The molecule has 2 nitrogen and oxygen atoms in total. The van der Waals surface area contributed by atoms with Gasteiger partial charge in [-0.05, 0) is 65.2 Å². The molecule has 3 rings (SSSR count). The summed E-state index contributed by atoms with van der Waals surface area (Å²) in [5.74, 6) is 1.94. The molecule has 0 aromatic heterocycles. The van der Waals surface area contributed by atoms with E-state index in [1.54, 1.807) is 7.11 Å². The van der Waals surface area contributed by atoms with Gasteiger partial charge < -0.3 is 9.84 Å². The Morgan fingerprint density at radius 1 is 1.32 bits per heavy atom. The van der Waals surface area contributed by atoms with Gasteiger partial charge in [-0.1, -0.05) is 39.5 Å². The van der Waals surface area contributed by atoms with Gasteiger partial charge in [0.25, 0.3) is 0 Å². The monoisotopic (exact) mass is 300 g/mol. The van der Waals surface area contributed by atoms with Crippen LogP contribution in [0.2, 0.25) is 0 Å². The molecular formula is C20H28O2. The lowest BCUT2D eigenvalue weighted by Gasteiger charge is -2.49. The first-order valence-electron chi connectivity index (χ1n) is 8.47. The van der Waals surface area contributed by atoms with Crippen molar-refractivity contribution < 1.29 is 9.84 Å². The second kappa shape index (κ2) is 5.42. The molecular weight excluding hydrogens is 272 g/mol. The highest BCUT2D eigenvalue weighted by atomic mass is 16.5. The molecule has 0 heterocycles. The molecule has 0 unspecified atom stereocenters. The minimum atomic E-state index is -0.323. The van der Waals surface area contributed by atoms with E-state index in [-0.39, 0.29) is 11.5 Å². The lowest BCUT2D eigenvalue weighted by atomic mass is 9.56. The third-order valence-corrected chi connectivity index (χ3v) is 6.00. The minimum absolute atomic E-state index is 0.0900. The quantitative estimate of drug-likeness (QED) is 0.823. The topological polar surface area (TPSA) is 29.5 Å². The van der Waals surface area contributed by atoms with Gasteiger partial charge in [0.15, 0.2) is 0 Å². The summed E-state index contributed by atoms with van der Waals surface area (Å²) >= 11 is 0. The average Bonchev–Trinajstić information content (AvgIpc) is 2.50. The highest BCUT2D eigenvalue weighted by molar-refractivity contribution is 5.53. The van der Waals surface area contributed by atoms with Crippen LogP contribution in [-0.4, -0.2) is 18.3 Å². The number of hydrogen-bond donors (Lipinski definition) is 1. The van der Waals surface area contributed by atoms with E-state index in [1.165, 1.54) is 16.7 Å². The summed E-state index contributed by atoms with van der Waals surface area (Å²) < 4.78 is 5.81. The van der Waals surface area contributed by atoms with Crippen LogP contribution in [0.4, 0.5) is 0 Å². The third-order valence-electron chi connectivity index (χ3n) is 6.00. The minimum Gasteiger partial charge on any atom is -0.496 e. The second-order valence-corrected chi connectivity index (χ2v) is 7.51. The van der Waals surface area contributed by atoms with E-state index in [4.69, 9.17) is 4.74 Å². The summed E-state index contributed by atoms with van der Waals surface area (Å²) in [6.45, 7) is 11.0. The predicted molar refractivity (Wildman–Crippen MR) is 90.6 cm³/mol. The number of ether oxygens (including phenoxy) is 1. The van der Waals surface area contributed by atoms with E-state index in [0.717, 1.165) is 37.0 Å². The maximum Gasteiger partial charge on any atom is 0.125 e. The van der Waals surface area contributed by atoms with Crippen LogP contribution in [0, 0.1) is 5.92 Å². The zero-order valence-electron chi connectivity index (χ0n) is 14.3. The molecule has 1 N–H and O–H groups in total. The third kappa shape index (κ3) is 2.11. The van der Waals surface area contributed by atoms with Gasteiger partial charge in [-0.3, -0.25) is 0 Å². The summed E-state index contributed by atoms with van der Waals surface area (Å²) in [5, 5.41) is 10.2. The zero-order valence-corrected chi connectivity index (χ0v) is 14.3. The summed E-state index contributed by atoms with van der Waals surface area (Å²) in [5.41, 5.74) is 5.23. The van der Waals surface area contributed by atoms with Gasteiger partial charge in [-0.15, -0.1) is 0 Å². The van der Waals surface area contributed by atoms with Gasteiger partial charge in [-0.2, -0.15) is 0 Å². The van der Waals surface area contributed by atoms with Gasteiger partial charge in [-0.25, -0.2) is 0 Å². The highest BCUT2D eigenvalue weighted by Crippen LogP contribution is 2.53. The normalized spacial score (nSPS) is 30.9. The van der Waals surface area contributed by atoms with Crippen LogP contribution in [-0.2, 0) is 11.8 Å². The first-order valence-corrected chi connectivity index (χ1v) is 8.47. The Labute approximate surface area is 134 Å². The Morgan fingerprint density at radius 3 is 2.68 bits per heavy atom. The van der Waals surface area contributed by atoms with Crippen LogP contribution < -0.4 is 4.74 Å². The maximum atomic E-state index is 10.2. The number of fused-ring (bicyclic) bond motifs is 3. The Morgan fingerprint density at radius 2 is 2.05 bits per heavy atom. The van der Waals surface area contributed by atoms with Crippen molar-refractivity contribution in [1.82, 2.24) is 0 Å². The van der Waals surface area contributed by atoms with E-state index >= 15 is 0 Å². The van der Waals surface area contributed by atoms with Crippen molar-refractivity contribution in [3.63, 3.8) is 0 Å². The number of aliphatic hydroxyl groups excluding tert-OH is 1. The van der Waals surface area contributed by atoms with Crippen LogP contribution in [0.3, 0.4) is 0 Å². The van der Waals surface area contributed by atoms with Gasteiger partial charge in [0.2, 0.25) is 0 Å². The van der Waals surface area contributed by atoms with Crippen molar-refractivity contribution in [2.24, 2.45) is 5.92 Å². The number of hydrogen-bond acceptors (Lipinski definition) is 2. The highest BCUT2D eigenvalue weighted by Gasteiger charge is 2.46. The fraction of sp³-hybridized carbons (Fsp3) is 0.600. The van der Waals surface area contributed by atoms with E-state index in [2.05, 4.69) is 39.5 Å². The SMILES string of the molecule is C=C1[C@H](O)CC[C@]2(C)c3ccc(C(C)C)c(OC)c3CC[C@@H]12. The number of methoxy groups -OCH3 is 1. The molecule has 3 atom stereocenters. The molecule has 1 aromatic carbocycles. The number of benzene rings is 1. The van der Waals surface area contributed by atoms with Crippen LogP contribution >= 0.6 is 0 Å². The summed E-state index contributed by atoms with van der Waals surface area (Å²) in [6, 6.07) is 4.55. The lowest BCUT2D eigenvalue weighted by Crippen LogP contribution is -2.44. The standard InChI is InChI=1S/C20H28O2/c1-12(2)14-6-9-17-15(19(14)22-5)7-8-16-13(3)18(21)10-11-20(16,17)4/h6,9,12,16,18,21H,3,7-8,10-11H2,1-2,4-5H3/t16-,18+,20-/m0/s1. The van der Waals surface area contributed by atoms with Crippen molar-refractivity contribution in [1.29, 1.82) is 0 Å². The Kier molecular flexibility index (Phi) is 3.84. The van der Waals surface area contributed by atoms with Crippen LogP contribution in [0.1, 0.15) is 62.6 Å². The Balaban J connectivity index is 2.14. The molecule has 1 saturated carbocycles. The second-order valence-electron chi connectivity index (χ2n) is 7.51. The fourth-order valence-corrected chi connectivity index (χ4v) is 4.68. The van der Waals surface area contributed by atoms with Gasteiger partial charge in [0.1, 0.15) is 5.75 Å². The van der Waals surface area contributed by atoms with E-state index < -0.39 is 0 Å². The van der Waals surface area contributed by atoms with Gasteiger partial charge >= 0.3 is 0 Å². The molecule has 0 amide bonds. The molecule has 0 aliphatic heterocycles. The molecule has 1 aromatic rings. The number of rotatable bonds is 2. The average molecular weight is 300 g/mol. The van der Waals surface area contributed by atoms with Crippen molar-refractivity contribution >= 4 is 0 Å². The van der Waals surface area contributed by atoms with Crippen LogP contribution in [0.5, 0.6) is 5.75 Å². The first-order chi connectivity index (χ1) is 10.4. The molecule has 2 aliphatic rings. The summed E-state index contributed by atoms with van der Waals surface area (Å²) in [6.07, 6.45) is 3.60. The van der Waals surface area contributed by atoms with E-state index in [9.17, 15) is 5.11 Å². The number of aliphatic hydroxyl groups is 1. The largest absolute Gasteiger partial charge is 0.496 e. The molecule has 0 spiro atoms. The molecule has 1 fully saturated rings. The zero-order chi connectivity index (χ0) is 16.1. The van der Waals surface area contributed by atoms with Crippen LogP contribution in [0.15, 0.2) is 24.3 Å². The van der Waals surface area contributed by atoms with Gasteiger partial charge in [0.05, 0.1) is 13.2 Å². The van der Waals surface area contributed by atoms with Crippen LogP contribution in [0.25, 0.3) is 0 Å². The van der Waals surface area contributed by atoms with Gasteiger partial charge in [0, 0.05) is 0 Å². The first kappa shape index (κ1) is 15.6. The summed E-state index contributed by atoms with van der Waals surface area (Å²) in [4.78, 5) is 0. The molecule has 0 bridgehead atoms. The van der Waals surface area contributed by atoms with E-state index in [1.807, 2.05) is 0 Å². The summed E-state index contributed by atoms with van der Waals surface area (Å²) in [7, 11) is 1.79. The van der Waals surface area contributed by atoms with Crippen molar-refractivity contribution in [3.8, 4) is 5.75 Å². The van der Waals surface area contributed by atoms with Crippen molar-refractivity contribution in [3.05, 3.63) is 41.0 Å². The molecule has 2 heteroatoms. The maximum absolute atomic E-state index is 10.2. The molecule has 120 valence electrons. The van der Waals surface area contributed by atoms with Crippen molar-refractivity contribution in [2.45, 2.75) is 63.9 Å². The molecule has 0 radical (unpaired) electrons. The smallest absolute Gasteiger partial charge is 0.125 e. The van der Waals surface area contributed by atoms with Crippen molar-refractivity contribution in [2.75, 3.05) is 7.11 Å². The lowest BCUT2D eigenvalue weighted by molar-refractivity contribution is 0.108.